The molecule has 0 aromatic heterocycles. The summed E-state index contributed by atoms with van der Waals surface area (Å²) in [6.07, 6.45) is 2.09. The molecular weight excluding hydrogens is 188 g/mol. The number of aliphatic hydroxyl groups is 1. The number of piperazine rings is 1. The Morgan fingerprint density at radius 2 is 2.00 bits per heavy atom. The van der Waals surface area contributed by atoms with Crippen molar-refractivity contribution in [3.05, 3.63) is 0 Å². The van der Waals surface area contributed by atoms with Crippen molar-refractivity contribution in [1.82, 2.24) is 9.80 Å². The van der Waals surface area contributed by atoms with Gasteiger partial charge >= 0.3 is 0 Å². The molecule has 3 nitrogen and oxygen atoms in total. The SMILES string of the molecule is CCC1CN(CCC(C)(C)O)CCN1C. The van der Waals surface area contributed by atoms with Crippen LogP contribution in [0.3, 0.4) is 0 Å². The van der Waals surface area contributed by atoms with Crippen molar-refractivity contribution in [1.29, 1.82) is 0 Å². The van der Waals surface area contributed by atoms with Gasteiger partial charge in [0.1, 0.15) is 0 Å². The first-order valence-electron chi connectivity index (χ1n) is 6.07. The Labute approximate surface area is 94.1 Å². The third-order valence-electron chi connectivity index (χ3n) is 3.37. The van der Waals surface area contributed by atoms with Gasteiger partial charge in [-0.2, -0.15) is 0 Å². The lowest BCUT2D eigenvalue weighted by Crippen LogP contribution is -2.51. The lowest BCUT2D eigenvalue weighted by atomic mass is 10.0. The summed E-state index contributed by atoms with van der Waals surface area (Å²) in [5.41, 5.74) is -0.523. The van der Waals surface area contributed by atoms with Crippen molar-refractivity contribution in [3.63, 3.8) is 0 Å². The molecule has 0 aliphatic carbocycles. The van der Waals surface area contributed by atoms with Crippen LogP contribution in [-0.4, -0.2) is 59.8 Å². The van der Waals surface area contributed by atoms with Crippen LogP contribution in [0.4, 0.5) is 0 Å². The molecule has 1 rings (SSSR count). The van der Waals surface area contributed by atoms with Crippen molar-refractivity contribution >= 4 is 0 Å². The van der Waals surface area contributed by atoms with Crippen LogP contribution >= 0.6 is 0 Å². The number of hydrogen-bond acceptors (Lipinski definition) is 3. The molecule has 90 valence electrons. The normalized spacial score (nSPS) is 25.8. The summed E-state index contributed by atoms with van der Waals surface area (Å²) in [6, 6.07) is 0.695. The third kappa shape index (κ3) is 4.49. The van der Waals surface area contributed by atoms with Gasteiger partial charge in [0, 0.05) is 32.2 Å². The van der Waals surface area contributed by atoms with Crippen LogP contribution in [0.2, 0.25) is 0 Å². The Balaban J connectivity index is 2.32. The molecule has 0 bridgehead atoms. The average molecular weight is 214 g/mol. The van der Waals surface area contributed by atoms with E-state index in [1.54, 1.807) is 0 Å². The first-order valence-corrected chi connectivity index (χ1v) is 6.07. The highest BCUT2D eigenvalue weighted by Gasteiger charge is 2.23. The maximum absolute atomic E-state index is 9.69. The fourth-order valence-corrected chi connectivity index (χ4v) is 2.09. The van der Waals surface area contributed by atoms with Gasteiger partial charge in [-0.3, -0.25) is 0 Å². The number of rotatable bonds is 4. The van der Waals surface area contributed by atoms with E-state index in [-0.39, 0.29) is 0 Å². The molecule has 0 aromatic carbocycles. The van der Waals surface area contributed by atoms with E-state index < -0.39 is 5.60 Å². The predicted molar refractivity (Wildman–Crippen MR) is 64.1 cm³/mol. The molecular formula is C12H26N2O. The van der Waals surface area contributed by atoms with E-state index in [9.17, 15) is 5.11 Å². The molecule has 1 N–H and O–H groups in total. The Kier molecular flexibility index (Phi) is 4.56. The molecule has 0 amide bonds. The van der Waals surface area contributed by atoms with Crippen molar-refractivity contribution in [2.45, 2.75) is 45.3 Å². The van der Waals surface area contributed by atoms with Gasteiger partial charge in [-0.1, -0.05) is 6.92 Å². The van der Waals surface area contributed by atoms with Crippen molar-refractivity contribution in [3.8, 4) is 0 Å². The van der Waals surface area contributed by atoms with Crippen LogP contribution in [0.25, 0.3) is 0 Å². The number of nitrogens with zero attached hydrogens (tertiary/aromatic N) is 2. The monoisotopic (exact) mass is 214 g/mol. The molecule has 1 heterocycles. The van der Waals surface area contributed by atoms with E-state index in [4.69, 9.17) is 0 Å². The Hall–Kier alpha value is -0.120. The van der Waals surface area contributed by atoms with Crippen LogP contribution in [0.5, 0.6) is 0 Å². The highest BCUT2D eigenvalue weighted by atomic mass is 16.3. The van der Waals surface area contributed by atoms with E-state index in [1.807, 2.05) is 13.8 Å². The maximum atomic E-state index is 9.69. The summed E-state index contributed by atoms with van der Waals surface area (Å²) in [5.74, 6) is 0. The largest absolute Gasteiger partial charge is 0.390 e. The van der Waals surface area contributed by atoms with Crippen LogP contribution in [0, 0.1) is 0 Å². The first-order chi connectivity index (χ1) is 6.92. The smallest absolute Gasteiger partial charge is 0.0603 e. The van der Waals surface area contributed by atoms with Crippen LogP contribution < -0.4 is 0 Å². The Morgan fingerprint density at radius 3 is 2.53 bits per heavy atom. The summed E-state index contributed by atoms with van der Waals surface area (Å²) in [7, 11) is 2.21. The fraction of sp³-hybridized carbons (Fsp3) is 1.00. The Morgan fingerprint density at radius 1 is 1.33 bits per heavy atom. The fourth-order valence-electron chi connectivity index (χ4n) is 2.09. The molecule has 1 fully saturated rings. The van der Waals surface area contributed by atoms with Crippen molar-refractivity contribution < 1.29 is 5.11 Å². The minimum atomic E-state index is -0.523. The van der Waals surface area contributed by atoms with Crippen LogP contribution in [0.15, 0.2) is 0 Å². The molecule has 0 aromatic rings. The zero-order valence-electron chi connectivity index (χ0n) is 10.7. The van der Waals surface area contributed by atoms with Crippen molar-refractivity contribution in [2.24, 2.45) is 0 Å². The lowest BCUT2D eigenvalue weighted by molar-refractivity contribution is 0.0383. The Bertz CT molecular complexity index is 189. The lowest BCUT2D eigenvalue weighted by Gasteiger charge is -2.39. The molecule has 1 aliphatic rings. The predicted octanol–water partition coefficient (Wildman–Crippen LogP) is 1.17. The summed E-state index contributed by atoms with van der Waals surface area (Å²) in [6.45, 7) is 10.5. The van der Waals surface area contributed by atoms with E-state index in [1.165, 1.54) is 6.42 Å². The van der Waals surface area contributed by atoms with Gasteiger partial charge in [0.15, 0.2) is 0 Å². The molecule has 3 heteroatoms. The average Bonchev–Trinajstić information content (AvgIpc) is 2.15. The van der Waals surface area contributed by atoms with Gasteiger partial charge in [0.2, 0.25) is 0 Å². The molecule has 1 unspecified atom stereocenters. The zero-order valence-corrected chi connectivity index (χ0v) is 10.7. The van der Waals surface area contributed by atoms with Gasteiger partial charge in [0.25, 0.3) is 0 Å². The van der Waals surface area contributed by atoms with Gasteiger partial charge in [-0.25, -0.2) is 0 Å². The minimum Gasteiger partial charge on any atom is -0.390 e. The van der Waals surface area contributed by atoms with Crippen LogP contribution in [-0.2, 0) is 0 Å². The van der Waals surface area contributed by atoms with Crippen molar-refractivity contribution in [2.75, 3.05) is 33.2 Å². The zero-order chi connectivity index (χ0) is 11.5. The molecule has 1 atom stereocenters. The molecule has 0 spiro atoms. The second-order valence-corrected chi connectivity index (χ2v) is 5.41. The molecule has 15 heavy (non-hydrogen) atoms. The van der Waals surface area contributed by atoms with E-state index in [0.717, 1.165) is 32.6 Å². The summed E-state index contributed by atoms with van der Waals surface area (Å²) < 4.78 is 0. The van der Waals surface area contributed by atoms with Gasteiger partial charge < -0.3 is 14.9 Å². The standard InChI is InChI=1S/C12H26N2O/c1-5-11-10-14(9-8-13(11)4)7-6-12(2,3)15/h11,15H,5-10H2,1-4H3. The summed E-state index contributed by atoms with van der Waals surface area (Å²) in [4.78, 5) is 4.92. The third-order valence-corrected chi connectivity index (χ3v) is 3.37. The highest BCUT2D eigenvalue weighted by molar-refractivity contribution is 4.80. The minimum absolute atomic E-state index is 0.523. The van der Waals surface area contributed by atoms with Gasteiger partial charge in [-0.15, -0.1) is 0 Å². The topological polar surface area (TPSA) is 26.7 Å². The van der Waals surface area contributed by atoms with E-state index in [0.29, 0.717) is 6.04 Å². The van der Waals surface area contributed by atoms with Gasteiger partial charge in [0.05, 0.1) is 5.60 Å². The van der Waals surface area contributed by atoms with E-state index in [2.05, 4.69) is 23.8 Å². The summed E-state index contributed by atoms with van der Waals surface area (Å²) in [5, 5.41) is 9.69. The van der Waals surface area contributed by atoms with Crippen LogP contribution in [0.1, 0.15) is 33.6 Å². The molecule has 1 saturated heterocycles. The summed E-state index contributed by atoms with van der Waals surface area (Å²) >= 11 is 0. The second-order valence-electron chi connectivity index (χ2n) is 5.41. The maximum Gasteiger partial charge on any atom is 0.0603 e. The second kappa shape index (κ2) is 5.28. The van der Waals surface area contributed by atoms with Gasteiger partial charge in [-0.05, 0) is 33.7 Å². The molecule has 0 radical (unpaired) electrons. The van der Waals surface area contributed by atoms with E-state index >= 15 is 0 Å². The number of hydrogen-bond donors (Lipinski definition) is 1. The quantitative estimate of drug-likeness (QED) is 0.761. The number of likely N-dealkylation sites (N-methyl/N-ethyl adjacent to an activating group) is 1. The highest BCUT2D eigenvalue weighted by Crippen LogP contribution is 2.14. The first kappa shape index (κ1) is 12.9. The molecule has 1 aliphatic heterocycles. The molecule has 0 saturated carbocycles.